The Kier molecular flexibility index (Phi) is 8.51. The first-order valence-electron chi connectivity index (χ1n) is 12.7. The maximum atomic E-state index is 13.0. The van der Waals surface area contributed by atoms with Crippen LogP contribution in [0.5, 0.6) is 0 Å². The van der Waals surface area contributed by atoms with Gasteiger partial charge in [0.25, 0.3) is 5.91 Å². The average Bonchev–Trinajstić information content (AvgIpc) is 3.33. The number of benzene rings is 4. The Morgan fingerprint density at radius 3 is 2.34 bits per heavy atom. The van der Waals surface area contributed by atoms with Gasteiger partial charge in [0.2, 0.25) is 5.91 Å². The fraction of sp³-hybridized carbons (Fsp3) is 0.188. The molecule has 6 heteroatoms. The van der Waals surface area contributed by atoms with Crippen LogP contribution < -0.4 is 5.32 Å². The number of nitrogens with one attached hydrogen (secondary N) is 1. The lowest BCUT2D eigenvalue weighted by Gasteiger charge is -2.24. The lowest BCUT2D eigenvalue weighted by Crippen LogP contribution is -2.30. The molecule has 1 heterocycles. The maximum Gasteiger partial charge on any atom is 0.255 e. The lowest BCUT2D eigenvalue weighted by atomic mass is 10.1. The van der Waals surface area contributed by atoms with Crippen molar-refractivity contribution in [3.05, 3.63) is 131 Å². The number of amides is 2. The molecule has 5 rings (SSSR count). The first-order valence-corrected chi connectivity index (χ1v) is 14.7. The minimum atomic E-state index is -0.137. The fourth-order valence-electron chi connectivity index (χ4n) is 4.50. The summed E-state index contributed by atoms with van der Waals surface area (Å²) in [5.74, 6) is 1.40. The number of anilines is 1. The first-order chi connectivity index (χ1) is 18.6. The fourth-order valence-corrected chi connectivity index (χ4v) is 6.58. The van der Waals surface area contributed by atoms with Crippen LogP contribution in [0.25, 0.3) is 0 Å². The summed E-state index contributed by atoms with van der Waals surface area (Å²) in [6, 6.07) is 34.4. The van der Waals surface area contributed by atoms with Crippen LogP contribution in [0.1, 0.15) is 38.0 Å². The third-order valence-corrected chi connectivity index (χ3v) is 8.94. The highest BCUT2D eigenvalue weighted by Crippen LogP contribution is 2.38. The van der Waals surface area contributed by atoms with E-state index in [1.54, 1.807) is 23.5 Å². The zero-order valence-electron chi connectivity index (χ0n) is 21.3. The molecule has 1 saturated heterocycles. The summed E-state index contributed by atoms with van der Waals surface area (Å²) < 4.78 is 0. The molecule has 0 aromatic heterocycles. The number of aryl methyl sites for hydroxylation is 1. The molecule has 1 N–H and O–H groups in total. The summed E-state index contributed by atoms with van der Waals surface area (Å²) in [5, 5.41) is 3.03. The smallest absolute Gasteiger partial charge is 0.255 e. The molecule has 4 aromatic rings. The van der Waals surface area contributed by atoms with Crippen LogP contribution in [-0.4, -0.2) is 29.0 Å². The molecule has 0 aliphatic carbocycles. The number of hydrogen-bond donors (Lipinski definition) is 1. The summed E-state index contributed by atoms with van der Waals surface area (Å²) in [5.41, 5.74) is 5.94. The number of hydrogen-bond acceptors (Lipinski definition) is 4. The van der Waals surface area contributed by atoms with E-state index in [1.807, 2.05) is 78.6 Å². The van der Waals surface area contributed by atoms with Gasteiger partial charge >= 0.3 is 0 Å². The zero-order chi connectivity index (χ0) is 26.3. The van der Waals surface area contributed by atoms with E-state index in [-0.39, 0.29) is 17.2 Å². The maximum absolute atomic E-state index is 13.0. The van der Waals surface area contributed by atoms with Crippen LogP contribution in [0.15, 0.2) is 108 Å². The van der Waals surface area contributed by atoms with Crippen molar-refractivity contribution in [2.45, 2.75) is 29.4 Å². The molecule has 38 heavy (non-hydrogen) atoms. The number of nitrogens with zero attached hydrogens (tertiary/aromatic N) is 1. The van der Waals surface area contributed by atoms with Gasteiger partial charge in [0.1, 0.15) is 5.37 Å². The summed E-state index contributed by atoms with van der Waals surface area (Å²) in [6.45, 7) is 2.70. The van der Waals surface area contributed by atoms with Gasteiger partial charge < -0.3 is 10.2 Å². The second kappa shape index (κ2) is 12.4. The Hall–Kier alpha value is -3.48. The molecule has 0 spiro atoms. The molecule has 0 saturated carbocycles. The largest absolute Gasteiger partial charge is 0.326 e. The van der Waals surface area contributed by atoms with Gasteiger partial charge in [-0.1, -0.05) is 72.8 Å². The van der Waals surface area contributed by atoms with E-state index in [2.05, 4.69) is 41.7 Å². The summed E-state index contributed by atoms with van der Waals surface area (Å²) in [4.78, 5) is 28.7. The Morgan fingerprint density at radius 2 is 1.63 bits per heavy atom. The molecule has 0 bridgehead atoms. The Balaban J connectivity index is 1.19. The highest BCUT2D eigenvalue weighted by Gasteiger charge is 2.32. The van der Waals surface area contributed by atoms with Crippen molar-refractivity contribution >= 4 is 41.0 Å². The molecule has 1 atom stereocenters. The minimum Gasteiger partial charge on any atom is -0.326 e. The molecule has 1 aliphatic rings. The van der Waals surface area contributed by atoms with Gasteiger partial charge in [0.15, 0.2) is 0 Å². The van der Waals surface area contributed by atoms with Crippen molar-refractivity contribution in [2.75, 3.05) is 17.6 Å². The van der Waals surface area contributed by atoms with Gasteiger partial charge in [-0.25, -0.2) is 0 Å². The van der Waals surface area contributed by atoms with Crippen molar-refractivity contribution < 1.29 is 9.59 Å². The van der Waals surface area contributed by atoms with E-state index in [1.165, 1.54) is 16.0 Å². The SMILES string of the molecule is Cc1cc(CSc2ccccc2)ccc1NC(=O)c1ccc([C@H]2SCC(=O)N2CCc2ccccc2)cc1. The molecule has 0 unspecified atom stereocenters. The number of thioether (sulfide) groups is 2. The number of carbonyl (C=O) groups is 2. The van der Waals surface area contributed by atoms with Crippen LogP contribution in [0.4, 0.5) is 5.69 Å². The van der Waals surface area contributed by atoms with Crippen molar-refractivity contribution in [1.29, 1.82) is 0 Å². The summed E-state index contributed by atoms with van der Waals surface area (Å²) in [6.07, 6.45) is 0.827. The topological polar surface area (TPSA) is 49.4 Å². The normalized spacial score (nSPS) is 15.0. The standard InChI is InChI=1S/C32H30N2O2S2/c1-23-20-25(21-37-28-10-6-3-7-11-28)12-17-29(23)33-31(36)26-13-15-27(16-14-26)32-34(30(35)22-38-32)19-18-24-8-4-2-5-9-24/h2-17,20,32H,18-19,21-22H2,1H3,(H,33,36)/t32-/m1/s1. The van der Waals surface area contributed by atoms with Crippen LogP contribution >= 0.6 is 23.5 Å². The van der Waals surface area contributed by atoms with Gasteiger partial charge in [0.05, 0.1) is 5.75 Å². The van der Waals surface area contributed by atoms with Crippen molar-refractivity contribution in [3.8, 4) is 0 Å². The molecule has 4 nitrogen and oxygen atoms in total. The van der Waals surface area contributed by atoms with Gasteiger partial charge in [-0.15, -0.1) is 23.5 Å². The highest BCUT2D eigenvalue weighted by atomic mass is 32.2. The van der Waals surface area contributed by atoms with Gasteiger partial charge in [-0.2, -0.15) is 0 Å². The molecule has 1 aliphatic heterocycles. The second-order valence-electron chi connectivity index (χ2n) is 9.31. The van der Waals surface area contributed by atoms with Crippen LogP contribution in [0.2, 0.25) is 0 Å². The van der Waals surface area contributed by atoms with Crippen LogP contribution in [0, 0.1) is 6.92 Å². The van der Waals surface area contributed by atoms with E-state index < -0.39 is 0 Å². The van der Waals surface area contributed by atoms with E-state index in [9.17, 15) is 9.59 Å². The van der Waals surface area contributed by atoms with E-state index in [0.29, 0.717) is 17.9 Å². The predicted molar refractivity (Wildman–Crippen MR) is 159 cm³/mol. The Bertz CT molecular complexity index is 1390. The second-order valence-corrected chi connectivity index (χ2v) is 11.4. The third-order valence-electron chi connectivity index (χ3n) is 6.60. The van der Waals surface area contributed by atoms with E-state index in [4.69, 9.17) is 0 Å². The van der Waals surface area contributed by atoms with Crippen molar-refractivity contribution in [1.82, 2.24) is 4.90 Å². The van der Waals surface area contributed by atoms with Crippen LogP contribution in [-0.2, 0) is 17.0 Å². The molecule has 4 aromatic carbocycles. The molecular weight excluding hydrogens is 508 g/mol. The van der Waals surface area contributed by atoms with Crippen molar-refractivity contribution in [3.63, 3.8) is 0 Å². The van der Waals surface area contributed by atoms with Gasteiger partial charge in [0, 0.05) is 28.4 Å². The highest BCUT2D eigenvalue weighted by molar-refractivity contribution is 8.00. The Morgan fingerprint density at radius 1 is 0.921 bits per heavy atom. The average molecular weight is 539 g/mol. The molecule has 1 fully saturated rings. The number of carbonyl (C=O) groups excluding carboxylic acids is 2. The predicted octanol–water partition coefficient (Wildman–Crippen LogP) is 7.36. The first kappa shape index (κ1) is 26.1. The molecule has 0 radical (unpaired) electrons. The van der Waals surface area contributed by atoms with Crippen LogP contribution in [0.3, 0.4) is 0 Å². The third kappa shape index (κ3) is 6.50. The molecule has 192 valence electrons. The Labute approximate surface area is 232 Å². The minimum absolute atomic E-state index is 0.0214. The van der Waals surface area contributed by atoms with Gasteiger partial charge in [-0.3, -0.25) is 9.59 Å². The van der Waals surface area contributed by atoms with Gasteiger partial charge in [-0.05, 0) is 65.9 Å². The van der Waals surface area contributed by atoms with E-state index >= 15 is 0 Å². The zero-order valence-corrected chi connectivity index (χ0v) is 22.9. The van der Waals surface area contributed by atoms with E-state index in [0.717, 1.165) is 29.0 Å². The summed E-state index contributed by atoms with van der Waals surface area (Å²) in [7, 11) is 0. The monoisotopic (exact) mass is 538 g/mol. The lowest BCUT2D eigenvalue weighted by molar-refractivity contribution is -0.128. The van der Waals surface area contributed by atoms with Crippen molar-refractivity contribution in [2.24, 2.45) is 0 Å². The number of rotatable bonds is 9. The quantitative estimate of drug-likeness (QED) is 0.226. The molecule has 2 amide bonds. The molecular formula is C32H30N2O2S2. The summed E-state index contributed by atoms with van der Waals surface area (Å²) >= 11 is 3.44.